The molecule has 3 heterocycles. The molecule has 0 unspecified atom stereocenters. The van der Waals surface area contributed by atoms with E-state index in [9.17, 15) is 27.5 Å². The Bertz CT molecular complexity index is 1730. The number of ether oxygens (including phenoxy) is 1. The fourth-order valence-corrected chi connectivity index (χ4v) is 5.68. The van der Waals surface area contributed by atoms with E-state index in [1.54, 1.807) is 12.1 Å². The summed E-state index contributed by atoms with van der Waals surface area (Å²) < 4.78 is 66.2. The average molecular weight is 594 g/mol. The van der Waals surface area contributed by atoms with E-state index in [1.807, 2.05) is 24.3 Å². The first kappa shape index (κ1) is 27.4. The summed E-state index contributed by atoms with van der Waals surface area (Å²) in [4.78, 5) is 18.0. The van der Waals surface area contributed by atoms with Gasteiger partial charge in [-0.1, -0.05) is 35.5 Å². The van der Waals surface area contributed by atoms with Crippen molar-refractivity contribution in [2.75, 3.05) is 18.0 Å². The van der Waals surface area contributed by atoms with E-state index in [2.05, 4.69) is 15.0 Å². The highest BCUT2D eigenvalue weighted by Gasteiger charge is 2.37. The van der Waals surface area contributed by atoms with Gasteiger partial charge in [0.1, 0.15) is 29.5 Å². The highest BCUT2D eigenvalue weighted by Crippen LogP contribution is 2.46. The van der Waals surface area contributed by atoms with Crippen LogP contribution >= 0.6 is 0 Å². The lowest BCUT2D eigenvalue weighted by Gasteiger charge is -2.40. The number of alkyl halides is 4. The van der Waals surface area contributed by atoms with Crippen LogP contribution in [-0.4, -0.2) is 46.6 Å². The Hall–Kier alpha value is -4.41. The molecule has 1 saturated heterocycles. The van der Waals surface area contributed by atoms with Gasteiger partial charge in [-0.05, 0) is 37.1 Å². The zero-order valence-electron chi connectivity index (χ0n) is 22.9. The van der Waals surface area contributed by atoms with Gasteiger partial charge in [0, 0.05) is 66.0 Å². The maximum Gasteiger partial charge on any atom is 0.417 e. The molecule has 1 aliphatic heterocycles. The number of carboxylic acids is 1. The van der Waals surface area contributed by atoms with Crippen LogP contribution in [0.1, 0.15) is 59.0 Å². The summed E-state index contributed by atoms with van der Waals surface area (Å²) in [6, 6.07) is 12.3. The molecule has 0 radical (unpaired) electrons. The summed E-state index contributed by atoms with van der Waals surface area (Å²) in [6.07, 6.45) is 0.465. The third-order valence-corrected chi connectivity index (χ3v) is 8.31. The van der Waals surface area contributed by atoms with Crippen molar-refractivity contribution in [1.82, 2.24) is 10.1 Å². The number of halogens is 4. The highest BCUT2D eigenvalue weighted by molar-refractivity contribution is 5.94. The molecule has 4 aromatic rings. The number of benzene rings is 2. The minimum Gasteiger partial charge on any atom is -0.489 e. The minimum atomic E-state index is -4.52. The summed E-state index contributed by atoms with van der Waals surface area (Å²) in [5.74, 6) is 0.123. The molecule has 11 heteroatoms. The normalized spacial score (nSPS) is 20.8. The van der Waals surface area contributed by atoms with E-state index in [-0.39, 0.29) is 47.7 Å². The molecule has 1 N–H and O–H groups in total. The van der Waals surface area contributed by atoms with Crippen LogP contribution in [0.15, 0.2) is 59.1 Å². The van der Waals surface area contributed by atoms with Crippen LogP contribution in [-0.2, 0) is 6.18 Å². The number of nitrogens with zero attached hydrogens (tertiary/aromatic N) is 3. The summed E-state index contributed by atoms with van der Waals surface area (Å²) in [5.41, 5.74) is 1.27. The molecule has 2 aliphatic carbocycles. The van der Waals surface area contributed by atoms with E-state index in [0.717, 1.165) is 24.6 Å². The number of carboxylic acid groups (broad SMARTS) is 1. The van der Waals surface area contributed by atoms with Crippen molar-refractivity contribution in [3.05, 3.63) is 77.2 Å². The standard InChI is InChI=1S/C32H27F4N3O4/c33-19-11-21(12-19)42-28-14-27(31(40)41)37-26-10-8-20(13-24(26)28)39-15-17(16-39)5-9-23-29(38-43-30(23)18-6-7-18)22-3-1-2-4-25(22)32(34,35)36/h1-5,8-10,13-14,17-19,21H,6-7,11-12,15-16H2,(H,40,41)/b9-5+/t19-,21+. The second-order valence-electron chi connectivity index (χ2n) is 11.5. The van der Waals surface area contributed by atoms with Crippen LogP contribution in [0.3, 0.4) is 0 Å². The Kier molecular flexibility index (Phi) is 6.63. The molecule has 2 aromatic carbocycles. The van der Waals surface area contributed by atoms with Gasteiger partial charge in [-0.15, -0.1) is 0 Å². The third kappa shape index (κ3) is 5.32. The Labute approximate surface area is 243 Å². The minimum absolute atomic E-state index is 0.00155. The summed E-state index contributed by atoms with van der Waals surface area (Å²) >= 11 is 0. The molecule has 0 spiro atoms. The van der Waals surface area contributed by atoms with Gasteiger partial charge >= 0.3 is 12.1 Å². The van der Waals surface area contributed by atoms with Crippen molar-refractivity contribution in [1.29, 1.82) is 0 Å². The van der Waals surface area contributed by atoms with Gasteiger partial charge < -0.3 is 19.3 Å². The molecule has 3 fully saturated rings. The van der Waals surface area contributed by atoms with E-state index < -0.39 is 23.9 Å². The zero-order chi connectivity index (χ0) is 29.9. The molecule has 222 valence electrons. The fraction of sp³-hybridized carbons (Fsp3) is 0.344. The number of aromatic nitrogens is 2. The van der Waals surface area contributed by atoms with E-state index in [1.165, 1.54) is 18.2 Å². The summed E-state index contributed by atoms with van der Waals surface area (Å²) in [6.45, 7) is 1.34. The van der Waals surface area contributed by atoms with Gasteiger partial charge in [0.05, 0.1) is 11.1 Å². The largest absolute Gasteiger partial charge is 0.489 e. The van der Waals surface area contributed by atoms with Crippen LogP contribution in [0.4, 0.5) is 23.2 Å². The van der Waals surface area contributed by atoms with Crippen molar-refractivity contribution in [2.24, 2.45) is 5.92 Å². The average Bonchev–Trinajstić information content (AvgIpc) is 3.70. The number of aromatic carboxylic acids is 1. The fourth-order valence-electron chi connectivity index (χ4n) is 5.68. The molecule has 0 bridgehead atoms. The number of carbonyl (C=O) groups is 1. The van der Waals surface area contributed by atoms with Gasteiger partial charge in [-0.3, -0.25) is 0 Å². The monoisotopic (exact) mass is 593 g/mol. The van der Waals surface area contributed by atoms with Crippen LogP contribution < -0.4 is 9.64 Å². The number of hydrogen-bond acceptors (Lipinski definition) is 6. The van der Waals surface area contributed by atoms with Crippen molar-refractivity contribution in [3.8, 4) is 17.0 Å². The first-order chi connectivity index (χ1) is 20.6. The van der Waals surface area contributed by atoms with E-state index >= 15 is 0 Å². The van der Waals surface area contributed by atoms with E-state index in [0.29, 0.717) is 41.1 Å². The zero-order valence-corrected chi connectivity index (χ0v) is 22.9. The second kappa shape index (κ2) is 10.4. The maximum absolute atomic E-state index is 13.8. The van der Waals surface area contributed by atoms with E-state index in [4.69, 9.17) is 9.26 Å². The van der Waals surface area contributed by atoms with Crippen molar-refractivity contribution in [3.63, 3.8) is 0 Å². The highest BCUT2D eigenvalue weighted by atomic mass is 19.4. The molecule has 7 rings (SSSR count). The van der Waals surface area contributed by atoms with Gasteiger partial charge in [0.15, 0.2) is 5.69 Å². The molecule has 2 saturated carbocycles. The first-order valence-corrected chi connectivity index (χ1v) is 14.2. The van der Waals surface area contributed by atoms with Gasteiger partial charge in [0.2, 0.25) is 0 Å². The topological polar surface area (TPSA) is 88.7 Å². The summed E-state index contributed by atoms with van der Waals surface area (Å²) in [7, 11) is 0. The van der Waals surface area contributed by atoms with Crippen LogP contribution in [0.2, 0.25) is 0 Å². The second-order valence-corrected chi connectivity index (χ2v) is 11.5. The van der Waals surface area contributed by atoms with Crippen molar-refractivity contribution < 1.29 is 36.7 Å². The van der Waals surface area contributed by atoms with Gasteiger partial charge in [0.25, 0.3) is 0 Å². The van der Waals surface area contributed by atoms with Crippen molar-refractivity contribution >= 4 is 28.6 Å². The Balaban J connectivity index is 1.12. The predicted molar refractivity (Wildman–Crippen MR) is 151 cm³/mol. The quantitative estimate of drug-likeness (QED) is 0.212. The molecule has 7 nitrogen and oxygen atoms in total. The number of hydrogen-bond donors (Lipinski definition) is 1. The molecule has 2 aromatic heterocycles. The SMILES string of the molecule is O=C(O)c1cc(O[C@H]2C[C@@H](F)C2)c2cc(N3CC(/C=C/c4c(-c5ccccc5C(F)(F)F)noc4C4CC4)C3)ccc2n1. The van der Waals surface area contributed by atoms with Gasteiger partial charge in [-0.2, -0.15) is 13.2 Å². The van der Waals surface area contributed by atoms with Gasteiger partial charge in [-0.25, -0.2) is 14.2 Å². The Morgan fingerprint density at radius 1 is 1.09 bits per heavy atom. The third-order valence-electron chi connectivity index (χ3n) is 8.31. The number of pyridine rings is 1. The predicted octanol–water partition coefficient (Wildman–Crippen LogP) is 7.51. The molecule has 3 aliphatic rings. The number of fused-ring (bicyclic) bond motifs is 1. The van der Waals surface area contributed by atoms with Crippen LogP contribution in [0, 0.1) is 5.92 Å². The molecule has 0 atom stereocenters. The lowest BCUT2D eigenvalue weighted by molar-refractivity contribution is -0.137. The first-order valence-electron chi connectivity index (χ1n) is 14.2. The summed E-state index contributed by atoms with van der Waals surface area (Å²) in [5, 5.41) is 14.2. The Morgan fingerprint density at radius 2 is 1.86 bits per heavy atom. The van der Waals surface area contributed by atoms with Crippen molar-refractivity contribution in [2.45, 2.75) is 50.1 Å². The molecule has 43 heavy (non-hydrogen) atoms. The molecular weight excluding hydrogens is 566 g/mol. The lowest BCUT2D eigenvalue weighted by Crippen LogP contribution is -2.45. The molecule has 0 amide bonds. The van der Waals surface area contributed by atoms with Crippen LogP contribution in [0.5, 0.6) is 5.75 Å². The number of anilines is 1. The lowest BCUT2D eigenvalue weighted by atomic mass is 9.93. The maximum atomic E-state index is 13.8. The Morgan fingerprint density at radius 3 is 2.56 bits per heavy atom. The smallest absolute Gasteiger partial charge is 0.417 e. The molecular formula is C32H27F4N3O4. The van der Waals surface area contributed by atoms with Crippen LogP contribution in [0.25, 0.3) is 28.2 Å². The number of rotatable bonds is 8.